The van der Waals surface area contributed by atoms with Crippen LogP contribution < -0.4 is 11.1 Å². The Hall–Kier alpha value is -1.35. The summed E-state index contributed by atoms with van der Waals surface area (Å²) in [5.41, 5.74) is 9.35. The zero-order valence-corrected chi connectivity index (χ0v) is 11.9. The van der Waals surface area contributed by atoms with Crippen LogP contribution in [-0.4, -0.2) is 11.9 Å². The van der Waals surface area contributed by atoms with Crippen molar-refractivity contribution in [1.82, 2.24) is 0 Å². The van der Waals surface area contributed by atoms with Gasteiger partial charge >= 0.3 is 0 Å². The molecule has 2 unspecified atom stereocenters. The summed E-state index contributed by atoms with van der Waals surface area (Å²) >= 11 is 0. The van der Waals surface area contributed by atoms with Crippen LogP contribution in [0.25, 0.3) is 0 Å². The lowest BCUT2D eigenvalue weighted by molar-refractivity contribution is -0.119. The van der Waals surface area contributed by atoms with E-state index in [0.29, 0.717) is 0 Å². The van der Waals surface area contributed by atoms with Crippen LogP contribution in [0.3, 0.4) is 0 Å². The van der Waals surface area contributed by atoms with Gasteiger partial charge < -0.3 is 11.1 Å². The van der Waals surface area contributed by atoms with Crippen molar-refractivity contribution in [2.24, 2.45) is 11.7 Å². The number of hydrogen-bond donors (Lipinski definition) is 2. The molecule has 3 nitrogen and oxygen atoms in total. The monoisotopic (exact) mass is 260 g/mol. The molecule has 3 N–H and O–H groups in total. The molecule has 1 aromatic rings. The first-order chi connectivity index (χ1) is 9.15. The number of carbonyl (C=O) groups is 1. The average molecular weight is 260 g/mol. The summed E-state index contributed by atoms with van der Waals surface area (Å²) in [6.45, 7) is 4.24. The van der Waals surface area contributed by atoms with Crippen LogP contribution in [0.5, 0.6) is 0 Å². The van der Waals surface area contributed by atoms with Gasteiger partial charge in [-0.2, -0.15) is 0 Å². The molecule has 3 heteroatoms. The summed E-state index contributed by atoms with van der Waals surface area (Å²) in [6, 6.07) is 6.45. The zero-order chi connectivity index (χ0) is 13.8. The minimum absolute atomic E-state index is 0.0876. The first kappa shape index (κ1) is 14.1. The van der Waals surface area contributed by atoms with Gasteiger partial charge in [0, 0.05) is 17.6 Å². The summed E-state index contributed by atoms with van der Waals surface area (Å²) < 4.78 is 0. The molecule has 0 heterocycles. The molecule has 0 bridgehead atoms. The van der Waals surface area contributed by atoms with Crippen LogP contribution in [0.15, 0.2) is 18.2 Å². The predicted octanol–water partition coefficient (Wildman–Crippen LogP) is 2.88. The number of nitrogens with one attached hydrogen (secondary N) is 1. The van der Waals surface area contributed by atoms with Gasteiger partial charge in [-0.3, -0.25) is 4.79 Å². The third-order valence-electron chi connectivity index (χ3n) is 4.09. The van der Waals surface area contributed by atoms with Crippen LogP contribution in [0, 0.1) is 5.92 Å². The molecule has 1 aliphatic rings. The van der Waals surface area contributed by atoms with E-state index in [2.05, 4.69) is 37.4 Å². The maximum Gasteiger partial charge on any atom is 0.227 e. The van der Waals surface area contributed by atoms with Crippen molar-refractivity contribution in [3.63, 3.8) is 0 Å². The van der Waals surface area contributed by atoms with Gasteiger partial charge in [0.15, 0.2) is 0 Å². The number of nitrogens with two attached hydrogens (primary N) is 1. The molecule has 1 aromatic carbocycles. The van der Waals surface area contributed by atoms with E-state index in [9.17, 15) is 4.79 Å². The molecule has 1 aliphatic carbocycles. The molecule has 0 saturated heterocycles. The molecule has 104 valence electrons. The lowest BCUT2D eigenvalue weighted by Crippen LogP contribution is -2.24. The van der Waals surface area contributed by atoms with E-state index in [1.54, 1.807) is 0 Å². The summed E-state index contributed by atoms with van der Waals surface area (Å²) in [7, 11) is 0. The minimum Gasteiger partial charge on any atom is -0.328 e. The molecule has 1 fully saturated rings. The van der Waals surface area contributed by atoms with Gasteiger partial charge in [-0.05, 0) is 43.2 Å². The first-order valence-corrected chi connectivity index (χ1v) is 7.32. The van der Waals surface area contributed by atoms with Gasteiger partial charge in [-0.1, -0.05) is 32.0 Å². The van der Waals surface area contributed by atoms with Gasteiger partial charge in [0.2, 0.25) is 5.91 Å². The Morgan fingerprint density at radius 1 is 1.26 bits per heavy atom. The SMILES string of the molecule is CCc1cccc(CC)c1NC(=O)C1CCC(N)C1. The van der Waals surface area contributed by atoms with E-state index < -0.39 is 0 Å². The highest BCUT2D eigenvalue weighted by Gasteiger charge is 2.28. The lowest BCUT2D eigenvalue weighted by Gasteiger charge is -2.17. The van der Waals surface area contributed by atoms with Crippen molar-refractivity contribution >= 4 is 11.6 Å². The molecule has 2 atom stereocenters. The fraction of sp³-hybridized carbons (Fsp3) is 0.562. The average Bonchev–Trinajstić information content (AvgIpc) is 2.85. The Morgan fingerprint density at radius 3 is 2.37 bits per heavy atom. The number of carbonyl (C=O) groups excluding carboxylic acids is 1. The predicted molar refractivity (Wildman–Crippen MR) is 79.1 cm³/mol. The number of amides is 1. The molecule has 0 aliphatic heterocycles. The Bertz CT molecular complexity index is 434. The number of rotatable bonds is 4. The largest absolute Gasteiger partial charge is 0.328 e. The minimum atomic E-state index is 0.0876. The molecule has 0 aromatic heterocycles. The Balaban J connectivity index is 2.16. The summed E-state index contributed by atoms with van der Waals surface area (Å²) in [5, 5.41) is 3.15. The first-order valence-electron chi connectivity index (χ1n) is 7.32. The van der Waals surface area contributed by atoms with Crippen LogP contribution >= 0.6 is 0 Å². The van der Waals surface area contributed by atoms with Crippen molar-refractivity contribution in [1.29, 1.82) is 0 Å². The number of aryl methyl sites for hydroxylation is 2. The summed E-state index contributed by atoms with van der Waals surface area (Å²) in [4.78, 5) is 12.3. The van der Waals surface area contributed by atoms with Gasteiger partial charge in [0.05, 0.1) is 0 Å². The highest BCUT2D eigenvalue weighted by atomic mass is 16.1. The number of benzene rings is 1. The molecule has 0 spiro atoms. The number of anilines is 1. The van der Waals surface area contributed by atoms with Crippen LogP contribution in [0.4, 0.5) is 5.69 Å². The Labute approximate surface area is 115 Å². The second kappa shape index (κ2) is 6.20. The van der Waals surface area contributed by atoms with E-state index in [0.717, 1.165) is 37.8 Å². The number of hydrogen-bond acceptors (Lipinski definition) is 2. The van der Waals surface area contributed by atoms with E-state index in [1.807, 2.05) is 0 Å². The molecule has 1 saturated carbocycles. The molecular weight excluding hydrogens is 236 g/mol. The topological polar surface area (TPSA) is 55.1 Å². The molecule has 0 radical (unpaired) electrons. The smallest absolute Gasteiger partial charge is 0.227 e. The highest BCUT2D eigenvalue weighted by molar-refractivity contribution is 5.94. The van der Waals surface area contributed by atoms with Crippen molar-refractivity contribution in [2.45, 2.75) is 52.0 Å². The Morgan fingerprint density at radius 2 is 1.89 bits per heavy atom. The third kappa shape index (κ3) is 3.16. The van der Waals surface area contributed by atoms with Crippen LogP contribution in [-0.2, 0) is 17.6 Å². The fourth-order valence-electron chi connectivity index (χ4n) is 2.88. The van der Waals surface area contributed by atoms with Gasteiger partial charge in [-0.25, -0.2) is 0 Å². The van der Waals surface area contributed by atoms with Crippen molar-refractivity contribution in [3.8, 4) is 0 Å². The maximum absolute atomic E-state index is 12.3. The summed E-state index contributed by atoms with van der Waals surface area (Å²) in [5.74, 6) is 0.230. The van der Waals surface area contributed by atoms with Gasteiger partial charge in [-0.15, -0.1) is 0 Å². The second-order valence-corrected chi connectivity index (χ2v) is 5.42. The van der Waals surface area contributed by atoms with Gasteiger partial charge in [0.1, 0.15) is 0 Å². The molecule has 19 heavy (non-hydrogen) atoms. The van der Waals surface area contributed by atoms with Crippen LogP contribution in [0.1, 0.15) is 44.2 Å². The standard InChI is InChI=1S/C16H24N2O/c1-3-11-6-5-7-12(4-2)15(11)18-16(19)13-8-9-14(17)10-13/h5-7,13-14H,3-4,8-10,17H2,1-2H3,(H,18,19). The van der Waals surface area contributed by atoms with E-state index in [1.165, 1.54) is 11.1 Å². The molecule has 2 rings (SSSR count). The van der Waals surface area contributed by atoms with Gasteiger partial charge in [0.25, 0.3) is 0 Å². The fourth-order valence-corrected chi connectivity index (χ4v) is 2.88. The van der Waals surface area contributed by atoms with E-state index in [-0.39, 0.29) is 17.9 Å². The normalized spacial score (nSPS) is 22.5. The zero-order valence-electron chi connectivity index (χ0n) is 11.9. The third-order valence-corrected chi connectivity index (χ3v) is 4.09. The maximum atomic E-state index is 12.3. The quantitative estimate of drug-likeness (QED) is 0.874. The second-order valence-electron chi connectivity index (χ2n) is 5.42. The van der Waals surface area contributed by atoms with Crippen molar-refractivity contribution in [2.75, 3.05) is 5.32 Å². The van der Waals surface area contributed by atoms with E-state index in [4.69, 9.17) is 5.73 Å². The van der Waals surface area contributed by atoms with Crippen molar-refractivity contribution < 1.29 is 4.79 Å². The van der Waals surface area contributed by atoms with Crippen LogP contribution in [0.2, 0.25) is 0 Å². The van der Waals surface area contributed by atoms with E-state index >= 15 is 0 Å². The van der Waals surface area contributed by atoms with Crippen molar-refractivity contribution in [3.05, 3.63) is 29.3 Å². The Kier molecular flexibility index (Phi) is 4.59. The molecular formula is C16H24N2O. The molecule has 1 amide bonds. The lowest BCUT2D eigenvalue weighted by atomic mass is 10.0. The highest BCUT2D eigenvalue weighted by Crippen LogP contribution is 2.28. The summed E-state index contributed by atoms with van der Waals surface area (Å²) in [6.07, 6.45) is 4.58. The number of para-hydroxylation sites is 1.